The summed E-state index contributed by atoms with van der Waals surface area (Å²) in [5, 5.41) is 0. The van der Waals surface area contributed by atoms with Gasteiger partial charge in [-0.15, -0.1) is 0 Å². The number of para-hydroxylation sites is 1. The van der Waals surface area contributed by atoms with E-state index in [9.17, 15) is 9.59 Å². The summed E-state index contributed by atoms with van der Waals surface area (Å²) in [4.78, 5) is 30.2. The van der Waals surface area contributed by atoms with Gasteiger partial charge in [-0.05, 0) is 38.2 Å². The van der Waals surface area contributed by atoms with Gasteiger partial charge >= 0.3 is 0 Å². The molecule has 2 atom stereocenters. The first-order valence-corrected chi connectivity index (χ1v) is 10.4. The molecule has 0 bridgehead atoms. The number of amides is 2. The van der Waals surface area contributed by atoms with Crippen molar-refractivity contribution in [2.75, 3.05) is 33.4 Å². The Bertz CT molecular complexity index is 792. The molecule has 2 aliphatic heterocycles. The Morgan fingerprint density at radius 1 is 1.07 bits per heavy atom. The number of carbonyl (C=O) groups excluding carboxylic acids is 2. The monoisotopic (exact) mass is 400 g/mol. The Kier molecular flexibility index (Phi) is 6.63. The lowest BCUT2D eigenvalue weighted by molar-refractivity contribution is -0.138. The number of piperidine rings is 1. The molecule has 1 fully saturated rings. The highest BCUT2D eigenvalue weighted by atomic mass is 16.5. The smallest absolute Gasteiger partial charge is 0.277 e. The fraction of sp³-hybridized carbons (Fsp3) is 0.565. The van der Waals surface area contributed by atoms with Gasteiger partial charge in [0.15, 0.2) is 0 Å². The minimum atomic E-state index is -0.271. The highest BCUT2D eigenvalue weighted by molar-refractivity contribution is 6.36. The molecule has 0 aliphatic carbocycles. The van der Waals surface area contributed by atoms with Crippen molar-refractivity contribution >= 4 is 17.4 Å². The summed E-state index contributed by atoms with van der Waals surface area (Å²) in [7, 11) is 1.58. The Labute approximate surface area is 173 Å². The second kappa shape index (κ2) is 8.99. The summed E-state index contributed by atoms with van der Waals surface area (Å²) < 4.78 is 11.1. The van der Waals surface area contributed by atoms with E-state index in [1.807, 2.05) is 38.1 Å². The molecule has 0 aromatic heterocycles. The first kappa shape index (κ1) is 21.4. The van der Waals surface area contributed by atoms with Crippen molar-refractivity contribution in [3.63, 3.8) is 0 Å². The maximum atomic E-state index is 13.4. The topological polar surface area (TPSA) is 59.1 Å². The summed E-state index contributed by atoms with van der Waals surface area (Å²) in [6, 6.07) is 7.41. The van der Waals surface area contributed by atoms with Crippen molar-refractivity contribution in [3.8, 4) is 5.75 Å². The van der Waals surface area contributed by atoms with E-state index in [1.165, 1.54) is 4.90 Å². The van der Waals surface area contributed by atoms with Crippen molar-refractivity contribution in [2.24, 2.45) is 11.8 Å². The van der Waals surface area contributed by atoms with E-state index in [4.69, 9.17) is 9.47 Å². The maximum Gasteiger partial charge on any atom is 0.277 e. The Morgan fingerprint density at radius 3 is 2.34 bits per heavy atom. The molecule has 0 N–H and O–H groups in total. The van der Waals surface area contributed by atoms with Gasteiger partial charge in [0.2, 0.25) is 0 Å². The molecular weight excluding hydrogens is 368 g/mol. The Morgan fingerprint density at radius 2 is 1.72 bits per heavy atom. The molecule has 2 amide bonds. The fourth-order valence-corrected chi connectivity index (χ4v) is 4.38. The van der Waals surface area contributed by atoms with Gasteiger partial charge in [0.1, 0.15) is 11.4 Å². The SMILES string of the molecule is COc1ccccc1C1=C(N2CC(C)CC(C)C2)C(=O)N(CCOC(C)C)C1=O. The van der Waals surface area contributed by atoms with Crippen LogP contribution >= 0.6 is 0 Å². The summed E-state index contributed by atoms with van der Waals surface area (Å²) in [6.07, 6.45) is 1.18. The normalized spacial score (nSPS) is 22.8. The van der Waals surface area contributed by atoms with Crippen molar-refractivity contribution in [1.82, 2.24) is 9.80 Å². The molecule has 1 saturated heterocycles. The molecule has 6 nitrogen and oxygen atoms in total. The Balaban J connectivity index is 2.02. The zero-order valence-electron chi connectivity index (χ0n) is 18.1. The number of hydrogen-bond acceptors (Lipinski definition) is 5. The molecule has 2 unspecified atom stereocenters. The lowest BCUT2D eigenvalue weighted by Crippen LogP contribution is -2.42. The van der Waals surface area contributed by atoms with Crippen LogP contribution in [0.1, 0.15) is 39.7 Å². The number of benzene rings is 1. The third-order valence-electron chi connectivity index (χ3n) is 5.47. The molecular formula is C23H32N2O4. The van der Waals surface area contributed by atoms with E-state index in [0.717, 1.165) is 19.5 Å². The van der Waals surface area contributed by atoms with Crippen LogP contribution in [0, 0.1) is 11.8 Å². The van der Waals surface area contributed by atoms with Crippen molar-refractivity contribution in [3.05, 3.63) is 35.5 Å². The molecule has 0 spiro atoms. The van der Waals surface area contributed by atoms with E-state index >= 15 is 0 Å². The van der Waals surface area contributed by atoms with Crippen molar-refractivity contribution in [1.29, 1.82) is 0 Å². The fourth-order valence-electron chi connectivity index (χ4n) is 4.38. The average Bonchev–Trinajstić information content (AvgIpc) is 2.91. The summed E-state index contributed by atoms with van der Waals surface area (Å²) in [6.45, 7) is 10.4. The Hall–Kier alpha value is -2.34. The van der Waals surface area contributed by atoms with E-state index in [1.54, 1.807) is 7.11 Å². The van der Waals surface area contributed by atoms with E-state index in [-0.39, 0.29) is 24.5 Å². The van der Waals surface area contributed by atoms with Crippen LogP contribution in [0.5, 0.6) is 5.75 Å². The van der Waals surface area contributed by atoms with Gasteiger partial charge in [-0.3, -0.25) is 14.5 Å². The lowest BCUT2D eigenvalue weighted by Gasteiger charge is -2.37. The van der Waals surface area contributed by atoms with Crippen molar-refractivity contribution < 1.29 is 19.1 Å². The highest BCUT2D eigenvalue weighted by Gasteiger charge is 2.43. The highest BCUT2D eigenvalue weighted by Crippen LogP contribution is 2.38. The first-order valence-electron chi connectivity index (χ1n) is 10.4. The third kappa shape index (κ3) is 4.47. The number of carbonyl (C=O) groups is 2. The van der Waals surface area contributed by atoms with Gasteiger partial charge in [-0.2, -0.15) is 0 Å². The van der Waals surface area contributed by atoms with Gasteiger partial charge in [0.25, 0.3) is 11.8 Å². The predicted molar refractivity (Wildman–Crippen MR) is 112 cm³/mol. The van der Waals surface area contributed by atoms with Crippen LogP contribution in [-0.2, 0) is 14.3 Å². The summed E-state index contributed by atoms with van der Waals surface area (Å²) in [5.74, 6) is 1.02. The molecule has 158 valence electrons. The van der Waals surface area contributed by atoms with Gasteiger partial charge in [0, 0.05) is 18.7 Å². The number of imide groups is 1. The van der Waals surface area contributed by atoms with Gasteiger partial charge in [-0.25, -0.2) is 0 Å². The number of ether oxygens (including phenoxy) is 2. The number of nitrogens with zero attached hydrogens (tertiary/aromatic N) is 2. The lowest BCUT2D eigenvalue weighted by atomic mass is 9.91. The van der Waals surface area contributed by atoms with Crippen LogP contribution in [0.15, 0.2) is 30.0 Å². The molecule has 0 saturated carbocycles. The second-order valence-electron chi connectivity index (χ2n) is 8.46. The minimum Gasteiger partial charge on any atom is -0.496 e. The predicted octanol–water partition coefficient (Wildman–Crippen LogP) is 3.18. The number of methoxy groups -OCH3 is 1. The van der Waals surface area contributed by atoms with E-state index in [2.05, 4.69) is 18.7 Å². The largest absolute Gasteiger partial charge is 0.496 e. The van der Waals surface area contributed by atoms with Crippen LogP contribution in [-0.4, -0.2) is 61.1 Å². The molecule has 3 rings (SSSR count). The zero-order valence-corrected chi connectivity index (χ0v) is 18.1. The summed E-state index contributed by atoms with van der Waals surface area (Å²) >= 11 is 0. The van der Waals surface area contributed by atoms with Crippen molar-refractivity contribution in [2.45, 2.75) is 40.2 Å². The third-order valence-corrected chi connectivity index (χ3v) is 5.47. The van der Waals surface area contributed by atoms with Crippen LogP contribution in [0.2, 0.25) is 0 Å². The first-order chi connectivity index (χ1) is 13.8. The molecule has 29 heavy (non-hydrogen) atoms. The van der Waals surface area contributed by atoms with Crippen LogP contribution in [0.4, 0.5) is 0 Å². The van der Waals surface area contributed by atoms with Crippen LogP contribution < -0.4 is 4.74 Å². The second-order valence-corrected chi connectivity index (χ2v) is 8.46. The number of rotatable bonds is 7. The maximum absolute atomic E-state index is 13.4. The molecule has 1 aromatic carbocycles. The van der Waals surface area contributed by atoms with E-state index in [0.29, 0.717) is 41.0 Å². The average molecular weight is 401 g/mol. The van der Waals surface area contributed by atoms with Crippen LogP contribution in [0.3, 0.4) is 0 Å². The molecule has 1 aromatic rings. The zero-order chi connectivity index (χ0) is 21.1. The van der Waals surface area contributed by atoms with Gasteiger partial charge < -0.3 is 14.4 Å². The van der Waals surface area contributed by atoms with E-state index < -0.39 is 0 Å². The number of hydrogen-bond donors (Lipinski definition) is 0. The molecule has 2 heterocycles. The number of likely N-dealkylation sites (tertiary alicyclic amines) is 1. The quantitative estimate of drug-likeness (QED) is 0.658. The molecule has 2 aliphatic rings. The van der Waals surface area contributed by atoms with Gasteiger partial charge in [-0.1, -0.05) is 32.0 Å². The van der Waals surface area contributed by atoms with Gasteiger partial charge in [0.05, 0.1) is 31.9 Å². The standard InChI is InChI=1S/C23H32N2O4/c1-15(2)29-11-10-25-22(26)20(18-8-6-7-9-19(18)28-5)21(23(25)27)24-13-16(3)12-17(4)14-24/h6-9,15-17H,10-14H2,1-5H3. The summed E-state index contributed by atoms with van der Waals surface area (Å²) in [5.41, 5.74) is 1.61. The molecule has 6 heteroatoms. The minimum absolute atomic E-state index is 0.0488. The molecule has 0 radical (unpaired) electrons. The van der Waals surface area contributed by atoms with Crippen LogP contribution in [0.25, 0.3) is 5.57 Å².